The normalized spacial score (nSPS) is 27.0. The molecule has 1 atom stereocenters. The van der Waals surface area contributed by atoms with Crippen LogP contribution < -0.4 is 0 Å². The molecule has 2 heterocycles. The zero-order valence-electron chi connectivity index (χ0n) is 10.6. The highest BCUT2D eigenvalue weighted by molar-refractivity contribution is 4.98. The Balaban J connectivity index is 1.81. The molecule has 2 fully saturated rings. The second kappa shape index (κ2) is 5.03. The maximum atomic E-state index is 9.43. The Morgan fingerprint density at radius 1 is 1.25 bits per heavy atom. The van der Waals surface area contributed by atoms with E-state index in [0.29, 0.717) is 24.0 Å². The minimum atomic E-state index is 0.310. The van der Waals surface area contributed by atoms with E-state index in [0.717, 1.165) is 19.6 Å². The fourth-order valence-electron chi connectivity index (χ4n) is 3.08. The Bertz CT molecular complexity index is 216. The van der Waals surface area contributed by atoms with E-state index in [9.17, 15) is 5.11 Å². The highest BCUT2D eigenvalue weighted by Crippen LogP contribution is 2.41. The number of likely N-dealkylation sites (tertiary alicyclic amines) is 1. The molecule has 0 aromatic heterocycles. The molecule has 0 aromatic rings. The Labute approximate surface area is 98.8 Å². The van der Waals surface area contributed by atoms with E-state index >= 15 is 0 Å². The van der Waals surface area contributed by atoms with Crippen LogP contribution in [0.5, 0.6) is 0 Å². The van der Waals surface area contributed by atoms with E-state index in [1.54, 1.807) is 0 Å². The number of hydrogen-bond acceptors (Lipinski definition) is 3. The van der Waals surface area contributed by atoms with Crippen molar-refractivity contribution in [3.05, 3.63) is 0 Å². The van der Waals surface area contributed by atoms with Crippen molar-refractivity contribution in [1.29, 1.82) is 0 Å². The van der Waals surface area contributed by atoms with Crippen molar-refractivity contribution in [3.63, 3.8) is 0 Å². The highest BCUT2D eigenvalue weighted by atomic mass is 16.5. The van der Waals surface area contributed by atoms with Gasteiger partial charge in [-0.1, -0.05) is 13.8 Å². The van der Waals surface area contributed by atoms with Gasteiger partial charge in [-0.15, -0.1) is 0 Å². The maximum absolute atomic E-state index is 9.43. The van der Waals surface area contributed by atoms with Crippen molar-refractivity contribution >= 4 is 0 Å². The molecule has 1 spiro atoms. The number of nitrogens with zero attached hydrogens (tertiary/aromatic N) is 1. The monoisotopic (exact) mass is 227 g/mol. The third kappa shape index (κ3) is 2.58. The third-order valence-electron chi connectivity index (χ3n) is 4.10. The van der Waals surface area contributed by atoms with Gasteiger partial charge in [0.1, 0.15) is 0 Å². The fraction of sp³-hybridized carbons (Fsp3) is 1.00. The maximum Gasteiger partial charge on any atom is 0.0586 e. The molecule has 2 aliphatic heterocycles. The van der Waals surface area contributed by atoms with E-state index in [2.05, 4.69) is 18.7 Å². The minimum absolute atomic E-state index is 0.310. The average Bonchev–Trinajstić information content (AvgIpc) is 2.23. The van der Waals surface area contributed by atoms with Gasteiger partial charge in [0.15, 0.2) is 0 Å². The number of rotatable bonds is 4. The average molecular weight is 227 g/mol. The lowest BCUT2D eigenvalue weighted by Crippen LogP contribution is -2.62. The lowest BCUT2D eigenvalue weighted by molar-refractivity contribution is -0.106. The number of aliphatic hydroxyl groups excluding tert-OH is 1. The summed E-state index contributed by atoms with van der Waals surface area (Å²) >= 11 is 0. The summed E-state index contributed by atoms with van der Waals surface area (Å²) in [6.07, 6.45) is 3.54. The molecule has 2 saturated heterocycles. The molecular formula is C13H25NO2. The lowest BCUT2D eigenvalue weighted by Gasteiger charge is -2.55. The van der Waals surface area contributed by atoms with E-state index < -0.39 is 0 Å². The summed E-state index contributed by atoms with van der Waals surface area (Å²) in [5, 5.41) is 9.43. The van der Waals surface area contributed by atoms with E-state index in [1.165, 1.54) is 25.9 Å². The SMILES string of the molecule is CC(C)CC(CO)N1CC2(CCOCC2)C1. The summed E-state index contributed by atoms with van der Waals surface area (Å²) in [7, 11) is 0. The molecule has 1 N–H and O–H groups in total. The van der Waals surface area contributed by atoms with Crippen molar-refractivity contribution in [2.24, 2.45) is 11.3 Å². The predicted octanol–water partition coefficient (Wildman–Crippen LogP) is 1.51. The van der Waals surface area contributed by atoms with Gasteiger partial charge in [-0.3, -0.25) is 4.90 Å². The van der Waals surface area contributed by atoms with Crippen LogP contribution in [0.1, 0.15) is 33.1 Å². The standard InChI is InChI=1S/C13H25NO2/c1-11(2)7-12(8-15)14-9-13(10-14)3-5-16-6-4-13/h11-12,15H,3-10H2,1-2H3. The third-order valence-corrected chi connectivity index (χ3v) is 4.10. The summed E-state index contributed by atoms with van der Waals surface area (Å²) < 4.78 is 5.42. The smallest absolute Gasteiger partial charge is 0.0586 e. The number of ether oxygens (including phenoxy) is 1. The summed E-state index contributed by atoms with van der Waals surface area (Å²) in [5.74, 6) is 0.670. The van der Waals surface area contributed by atoms with Crippen LogP contribution in [0.3, 0.4) is 0 Å². The van der Waals surface area contributed by atoms with Gasteiger partial charge in [-0.2, -0.15) is 0 Å². The topological polar surface area (TPSA) is 32.7 Å². The van der Waals surface area contributed by atoms with Gasteiger partial charge < -0.3 is 9.84 Å². The van der Waals surface area contributed by atoms with Crippen molar-refractivity contribution in [1.82, 2.24) is 4.90 Å². The molecule has 16 heavy (non-hydrogen) atoms. The van der Waals surface area contributed by atoms with Crippen LogP contribution in [-0.4, -0.2) is 49.0 Å². The molecule has 0 aromatic carbocycles. The first kappa shape index (κ1) is 12.3. The largest absolute Gasteiger partial charge is 0.395 e. The number of hydrogen-bond donors (Lipinski definition) is 1. The first-order chi connectivity index (χ1) is 7.65. The van der Waals surface area contributed by atoms with E-state index in [4.69, 9.17) is 4.74 Å². The fourth-order valence-corrected chi connectivity index (χ4v) is 3.08. The summed E-state index contributed by atoms with van der Waals surface area (Å²) in [6.45, 7) is 8.98. The molecule has 94 valence electrons. The van der Waals surface area contributed by atoms with Crippen LogP contribution in [0, 0.1) is 11.3 Å². The van der Waals surface area contributed by atoms with Gasteiger partial charge in [0.2, 0.25) is 0 Å². The minimum Gasteiger partial charge on any atom is -0.395 e. The Kier molecular flexibility index (Phi) is 3.88. The molecule has 0 radical (unpaired) electrons. The first-order valence-electron chi connectivity index (χ1n) is 6.58. The quantitative estimate of drug-likeness (QED) is 0.790. The van der Waals surface area contributed by atoms with Crippen molar-refractivity contribution < 1.29 is 9.84 Å². The zero-order valence-corrected chi connectivity index (χ0v) is 10.6. The van der Waals surface area contributed by atoms with E-state index in [1.807, 2.05) is 0 Å². The molecule has 3 heteroatoms. The Morgan fingerprint density at radius 3 is 2.38 bits per heavy atom. The second-order valence-corrected chi connectivity index (χ2v) is 5.98. The van der Waals surface area contributed by atoms with Crippen LogP contribution >= 0.6 is 0 Å². The van der Waals surface area contributed by atoms with Gasteiger partial charge in [0, 0.05) is 37.8 Å². The molecule has 0 saturated carbocycles. The summed E-state index contributed by atoms with van der Waals surface area (Å²) in [5.41, 5.74) is 0.530. The van der Waals surface area contributed by atoms with Gasteiger partial charge in [0.05, 0.1) is 6.61 Å². The molecule has 0 aliphatic carbocycles. The molecule has 1 unspecified atom stereocenters. The first-order valence-corrected chi connectivity index (χ1v) is 6.58. The zero-order chi connectivity index (χ0) is 11.6. The Morgan fingerprint density at radius 2 is 1.88 bits per heavy atom. The highest BCUT2D eigenvalue weighted by Gasteiger charge is 2.45. The van der Waals surface area contributed by atoms with Gasteiger partial charge >= 0.3 is 0 Å². The van der Waals surface area contributed by atoms with Crippen LogP contribution in [-0.2, 0) is 4.74 Å². The molecule has 3 nitrogen and oxygen atoms in total. The molecule has 0 amide bonds. The van der Waals surface area contributed by atoms with Gasteiger partial charge in [0.25, 0.3) is 0 Å². The molecule has 2 aliphatic rings. The van der Waals surface area contributed by atoms with Crippen LogP contribution in [0.25, 0.3) is 0 Å². The lowest BCUT2D eigenvalue weighted by atomic mass is 9.72. The van der Waals surface area contributed by atoms with Crippen molar-refractivity contribution in [3.8, 4) is 0 Å². The van der Waals surface area contributed by atoms with Crippen LogP contribution in [0.4, 0.5) is 0 Å². The van der Waals surface area contributed by atoms with Crippen LogP contribution in [0.2, 0.25) is 0 Å². The number of aliphatic hydroxyl groups is 1. The van der Waals surface area contributed by atoms with Gasteiger partial charge in [-0.25, -0.2) is 0 Å². The van der Waals surface area contributed by atoms with Crippen molar-refractivity contribution in [2.75, 3.05) is 32.9 Å². The molecular weight excluding hydrogens is 202 g/mol. The van der Waals surface area contributed by atoms with Crippen LogP contribution in [0.15, 0.2) is 0 Å². The second-order valence-electron chi connectivity index (χ2n) is 5.98. The molecule has 0 bridgehead atoms. The Hall–Kier alpha value is -0.120. The summed E-state index contributed by atoms with van der Waals surface area (Å²) in [4.78, 5) is 2.46. The summed E-state index contributed by atoms with van der Waals surface area (Å²) in [6, 6.07) is 0.383. The van der Waals surface area contributed by atoms with E-state index in [-0.39, 0.29) is 0 Å². The van der Waals surface area contributed by atoms with Gasteiger partial charge in [-0.05, 0) is 25.2 Å². The molecule has 2 rings (SSSR count). The predicted molar refractivity (Wildman–Crippen MR) is 64.4 cm³/mol. The van der Waals surface area contributed by atoms with Crippen molar-refractivity contribution in [2.45, 2.75) is 39.2 Å².